The molecule has 0 radical (unpaired) electrons. The van der Waals surface area contributed by atoms with Gasteiger partial charge in [-0.25, -0.2) is 18.3 Å². The first kappa shape index (κ1) is 23.9. The highest BCUT2D eigenvalue weighted by Crippen LogP contribution is 2.28. The fourth-order valence-electron chi connectivity index (χ4n) is 3.81. The number of carbonyl (C=O) groups is 1. The van der Waals surface area contributed by atoms with E-state index in [9.17, 15) is 13.6 Å². The summed E-state index contributed by atoms with van der Waals surface area (Å²) in [5, 5.41) is 12.1. The van der Waals surface area contributed by atoms with E-state index in [1.54, 1.807) is 53.2 Å². The number of anilines is 1. The maximum atomic E-state index is 13.8. The second-order valence-corrected chi connectivity index (χ2v) is 8.82. The molecule has 5 rings (SSSR count). The van der Waals surface area contributed by atoms with Crippen molar-refractivity contribution >= 4 is 40.6 Å². The molecule has 3 aromatic heterocycles. The van der Waals surface area contributed by atoms with E-state index >= 15 is 0 Å². The minimum atomic E-state index is -2.82. The number of rotatable bonds is 6. The van der Waals surface area contributed by atoms with Gasteiger partial charge in [-0.2, -0.15) is 10.2 Å². The summed E-state index contributed by atoms with van der Waals surface area (Å²) in [6.45, 7) is 2.13. The molecule has 3 heterocycles. The molecule has 11 heteroatoms. The van der Waals surface area contributed by atoms with Crippen LogP contribution in [-0.4, -0.2) is 30.3 Å². The lowest BCUT2D eigenvalue weighted by molar-refractivity contribution is 0.102. The molecular formula is C25H18Cl2F2N6O. The summed E-state index contributed by atoms with van der Waals surface area (Å²) in [6.07, 6.45) is -1.60. The van der Waals surface area contributed by atoms with Crippen molar-refractivity contribution in [2.24, 2.45) is 0 Å². The molecule has 5 aromatic rings. The second-order valence-electron chi connectivity index (χ2n) is 8.01. The van der Waals surface area contributed by atoms with Gasteiger partial charge < -0.3 is 5.32 Å². The van der Waals surface area contributed by atoms with Crippen LogP contribution in [-0.2, 0) is 6.54 Å². The van der Waals surface area contributed by atoms with E-state index in [1.165, 1.54) is 12.3 Å². The molecule has 0 saturated heterocycles. The Hall–Kier alpha value is -3.82. The summed E-state index contributed by atoms with van der Waals surface area (Å²) in [4.78, 5) is 17.6. The number of benzene rings is 2. The molecule has 1 amide bonds. The Morgan fingerprint density at radius 3 is 2.47 bits per heavy atom. The van der Waals surface area contributed by atoms with Crippen LogP contribution < -0.4 is 5.32 Å². The van der Waals surface area contributed by atoms with Crippen molar-refractivity contribution in [1.29, 1.82) is 0 Å². The van der Waals surface area contributed by atoms with Gasteiger partial charge in [-0.05, 0) is 25.1 Å². The Balaban J connectivity index is 1.47. The fraction of sp³-hybridized carbons (Fsp3) is 0.120. The number of nitrogens with zero attached hydrogens (tertiary/aromatic N) is 5. The van der Waals surface area contributed by atoms with Gasteiger partial charge in [0.05, 0.1) is 18.4 Å². The number of hydrogen-bond acceptors (Lipinski definition) is 4. The van der Waals surface area contributed by atoms with Gasteiger partial charge >= 0.3 is 0 Å². The lowest BCUT2D eigenvalue weighted by atomic mass is 10.1. The Kier molecular flexibility index (Phi) is 6.42. The molecule has 0 aliphatic rings. The van der Waals surface area contributed by atoms with Gasteiger partial charge in [0.1, 0.15) is 11.3 Å². The van der Waals surface area contributed by atoms with Gasteiger partial charge in [-0.3, -0.25) is 9.48 Å². The van der Waals surface area contributed by atoms with E-state index in [-0.39, 0.29) is 22.7 Å². The highest BCUT2D eigenvalue weighted by Gasteiger charge is 2.22. The molecule has 0 aliphatic heterocycles. The van der Waals surface area contributed by atoms with Crippen molar-refractivity contribution in [3.63, 3.8) is 0 Å². The number of nitrogens with one attached hydrogen (secondary N) is 1. The van der Waals surface area contributed by atoms with Crippen molar-refractivity contribution in [3.8, 4) is 11.3 Å². The molecule has 1 N–H and O–H groups in total. The van der Waals surface area contributed by atoms with E-state index < -0.39 is 12.3 Å². The van der Waals surface area contributed by atoms with Gasteiger partial charge in [-0.15, -0.1) is 0 Å². The summed E-state index contributed by atoms with van der Waals surface area (Å²) in [6, 6.07) is 17.1. The van der Waals surface area contributed by atoms with Crippen LogP contribution in [0.15, 0.2) is 66.9 Å². The first-order valence-corrected chi connectivity index (χ1v) is 11.6. The molecule has 36 heavy (non-hydrogen) atoms. The predicted octanol–water partition coefficient (Wildman–Crippen LogP) is 6.45. The fourth-order valence-corrected chi connectivity index (χ4v) is 4.32. The second kappa shape index (κ2) is 9.67. The minimum absolute atomic E-state index is 0.0168. The molecule has 0 spiro atoms. The maximum Gasteiger partial charge on any atom is 0.280 e. The van der Waals surface area contributed by atoms with Crippen LogP contribution in [0.2, 0.25) is 10.0 Å². The third kappa shape index (κ3) is 4.55. The molecule has 0 atom stereocenters. The monoisotopic (exact) mass is 526 g/mol. The zero-order valence-electron chi connectivity index (χ0n) is 18.8. The van der Waals surface area contributed by atoms with Crippen LogP contribution in [0, 0.1) is 6.92 Å². The highest BCUT2D eigenvalue weighted by atomic mass is 35.5. The smallest absolute Gasteiger partial charge is 0.280 e. The van der Waals surface area contributed by atoms with Crippen molar-refractivity contribution in [2.75, 3.05) is 5.32 Å². The summed E-state index contributed by atoms with van der Waals surface area (Å²) < 4.78 is 30.3. The Morgan fingerprint density at radius 1 is 1.06 bits per heavy atom. The van der Waals surface area contributed by atoms with E-state index in [0.717, 1.165) is 10.2 Å². The summed E-state index contributed by atoms with van der Waals surface area (Å²) >= 11 is 12.5. The number of hydrogen-bond donors (Lipinski definition) is 1. The molecule has 0 bridgehead atoms. The zero-order chi connectivity index (χ0) is 25.4. The number of alkyl halides is 2. The van der Waals surface area contributed by atoms with Crippen LogP contribution in [0.4, 0.5) is 14.6 Å². The van der Waals surface area contributed by atoms with E-state index in [0.29, 0.717) is 33.4 Å². The number of aryl methyl sites for hydroxylation is 1. The molecule has 0 saturated carbocycles. The van der Waals surface area contributed by atoms with E-state index in [4.69, 9.17) is 23.2 Å². The molecule has 182 valence electrons. The van der Waals surface area contributed by atoms with Crippen LogP contribution >= 0.6 is 23.2 Å². The number of aromatic nitrogens is 5. The molecule has 2 aromatic carbocycles. The van der Waals surface area contributed by atoms with Gasteiger partial charge in [0.25, 0.3) is 12.3 Å². The van der Waals surface area contributed by atoms with Gasteiger partial charge in [-0.1, -0.05) is 59.6 Å². The lowest BCUT2D eigenvalue weighted by Crippen LogP contribution is -2.14. The summed E-state index contributed by atoms with van der Waals surface area (Å²) in [7, 11) is 0. The molecular weight excluding hydrogens is 509 g/mol. The lowest BCUT2D eigenvalue weighted by Gasteiger charge is -2.09. The quantitative estimate of drug-likeness (QED) is 0.276. The average molecular weight is 527 g/mol. The topological polar surface area (TPSA) is 77.1 Å². The largest absolute Gasteiger partial charge is 0.305 e. The summed E-state index contributed by atoms with van der Waals surface area (Å²) in [5.41, 5.74) is 2.09. The van der Waals surface area contributed by atoms with Crippen LogP contribution in [0.25, 0.3) is 16.9 Å². The van der Waals surface area contributed by atoms with E-state index in [1.807, 2.05) is 13.0 Å². The normalized spacial score (nSPS) is 11.4. The van der Waals surface area contributed by atoms with Gasteiger partial charge in [0.15, 0.2) is 11.5 Å². The van der Waals surface area contributed by atoms with Crippen LogP contribution in [0.1, 0.15) is 33.7 Å². The zero-order valence-corrected chi connectivity index (χ0v) is 20.3. The predicted molar refractivity (Wildman–Crippen MR) is 134 cm³/mol. The Morgan fingerprint density at radius 2 is 1.78 bits per heavy atom. The standard InChI is InChI=1S/C25H18Cl2F2N6O/c1-14-10-22(33-34(14)13-17-18(26)8-5-9-19(17)27)32-25(36)16-12-30-35-21(23(28)29)11-20(31-24(16)35)15-6-3-2-4-7-15/h2-12,23H,13H2,1H3,(H,32,33,36). The molecule has 0 fully saturated rings. The highest BCUT2D eigenvalue weighted by molar-refractivity contribution is 6.36. The van der Waals surface area contributed by atoms with Crippen LogP contribution in [0.3, 0.4) is 0 Å². The molecule has 7 nitrogen and oxygen atoms in total. The Labute approximate surface area is 214 Å². The number of carbonyl (C=O) groups excluding carboxylic acids is 1. The minimum Gasteiger partial charge on any atom is -0.305 e. The van der Waals surface area contributed by atoms with Crippen molar-refractivity contribution in [1.82, 2.24) is 24.4 Å². The third-order valence-corrected chi connectivity index (χ3v) is 6.34. The molecule has 0 unspecified atom stereocenters. The number of fused-ring (bicyclic) bond motifs is 1. The van der Waals surface area contributed by atoms with Gasteiger partial charge in [0, 0.05) is 32.9 Å². The third-order valence-electron chi connectivity index (χ3n) is 5.63. The summed E-state index contributed by atoms with van der Waals surface area (Å²) in [5.74, 6) is -0.309. The first-order chi connectivity index (χ1) is 17.3. The number of amides is 1. The van der Waals surface area contributed by atoms with Crippen molar-refractivity contribution < 1.29 is 13.6 Å². The van der Waals surface area contributed by atoms with E-state index in [2.05, 4.69) is 20.5 Å². The maximum absolute atomic E-state index is 13.8. The van der Waals surface area contributed by atoms with Crippen molar-refractivity contribution in [3.05, 3.63) is 99.4 Å². The Bertz CT molecular complexity index is 1560. The van der Waals surface area contributed by atoms with Crippen LogP contribution in [0.5, 0.6) is 0 Å². The van der Waals surface area contributed by atoms with Gasteiger partial charge in [0.2, 0.25) is 0 Å². The average Bonchev–Trinajstić information content (AvgIpc) is 3.44. The molecule has 0 aliphatic carbocycles. The number of halogens is 4. The first-order valence-electron chi connectivity index (χ1n) is 10.8. The SMILES string of the molecule is Cc1cc(NC(=O)c2cnn3c(C(F)F)cc(-c4ccccc4)nc23)nn1Cc1c(Cl)cccc1Cl. The van der Waals surface area contributed by atoms with Crippen molar-refractivity contribution in [2.45, 2.75) is 19.9 Å².